The van der Waals surface area contributed by atoms with Crippen LogP contribution in [0.25, 0.3) is 5.69 Å². The highest BCUT2D eigenvalue weighted by atomic mass is 16.5. The van der Waals surface area contributed by atoms with Gasteiger partial charge in [0.2, 0.25) is 0 Å². The molecule has 7 heteroatoms. The van der Waals surface area contributed by atoms with Crippen LogP contribution in [0.3, 0.4) is 0 Å². The fourth-order valence-electron chi connectivity index (χ4n) is 2.97. The van der Waals surface area contributed by atoms with E-state index in [-0.39, 0.29) is 12.0 Å². The molecule has 1 N–H and O–H groups in total. The van der Waals surface area contributed by atoms with Crippen LogP contribution < -0.4 is 10.1 Å². The average Bonchev–Trinajstić information content (AvgIpc) is 3.30. The van der Waals surface area contributed by atoms with Gasteiger partial charge in [-0.25, -0.2) is 4.68 Å². The molecule has 0 spiro atoms. The number of nitrogens with one attached hydrogen (secondary N) is 1. The summed E-state index contributed by atoms with van der Waals surface area (Å²) in [5, 5.41) is 11.2. The smallest absolute Gasteiger partial charge is 0.273 e. The molecular formula is C18H24N4O3. The van der Waals surface area contributed by atoms with Crippen LogP contribution in [0.15, 0.2) is 24.3 Å². The monoisotopic (exact) mass is 344 g/mol. The van der Waals surface area contributed by atoms with Crippen molar-refractivity contribution >= 4 is 5.91 Å². The maximum atomic E-state index is 12.5. The first-order chi connectivity index (χ1) is 12.2. The molecule has 1 fully saturated rings. The number of methoxy groups -OCH3 is 1. The van der Waals surface area contributed by atoms with E-state index in [1.807, 2.05) is 24.3 Å². The molecule has 1 aromatic heterocycles. The molecule has 0 bridgehead atoms. The van der Waals surface area contributed by atoms with Crippen LogP contribution in [0, 0.1) is 0 Å². The van der Waals surface area contributed by atoms with Crippen molar-refractivity contribution in [2.24, 2.45) is 0 Å². The van der Waals surface area contributed by atoms with Gasteiger partial charge in [0.15, 0.2) is 5.69 Å². The summed E-state index contributed by atoms with van der Waals surface area (Å²) in [5.41, 5.74) is 2.06. The summed E-state index contributed by atoms with van der Waals surface area (Å²) in [4.78, 5) is 12.5. The standard InChI is InChI=1S/C18H24N4O3/c1-3-5-16-17(18(23)19-12-15-6-4-11-25-15)20-21-22(16)13-7-9-14(24-2)10-8-13/h7-10,15H,3-6,11-12H2,1-2H3,(H,19,23). The predicted molar refractivity (Wildman–Crippen MR) is 93.2 cm³/mol. The number of hydrogen-bond acceptors (Lipinski definition) is 5. The van der Waals surface area contributed by atoms with Gasteiger partial charge in [0.1, 0.15) is 5.75 Å². The van der Waals surface area contributed by atoms with Gasteiger partial charge in [-0.3, -0.25) is 4.79 Å². The van der Waals surface area contributed by atoms with E-state index in [9.17, 15) is 4.79 Å². The number of amides is 1. The number of nitrogens with zero attached hydrogens (tertiary/aromatic N) is 3. The highest BCUT2D eigenvalue weighted by Gasteiger charge is 2.22. The largest absolute Gasteiger partial charge is 0.497 e. The summed E-state index contributed by atoms with van der Waals surface area (Å²) in [6.07, 6.45) is 3.77. The third-order valence-corrected chi connectivity index (χ3v) is 4.30. The van der Waals surface area contributed by atoms with Crippen molar-refractivity contribution in [1.29, 1.82) is 0 Å². The molecule has 3 rings (SSSR count). The van der Waals surface area contributed by atoms with Crippen molar-refractivity contribution in [2.45, 2.75) is 38.7 Å². The lowest BCUT2D eigenvalue weighted by atomic mass is 10.2. The number of carbonyl (C=O) groups excluding carboxylic acids is 1. The maximum Gasteiger partial charge on any atom is 0.273 e. The molecule has 1 atom stereocenters. The summed E-state index contributed by atoms with van der Waals surface area (Å²) in [5.74, 6) is 0.578. The molecule has 2 heterocycles. The highest BCUT2D eigenvalue weighted by molar-refractivity contribution is 5.93. The predicted octanol–water partition coefficient (Wildman–Crippen LogP) is 2.14. The third kappa shape index (κ3) is 3.99. The number of ether oxygens (including phenoxy) is 2. The quantitative estimate of drug-likeness (QED) is 0.832. The van der Waals surface area contributed by atoms with E-state index < -0.39 is 0 Å². The second-order valence-corrected chi connectivity index (χ2v) is 6.09. The molecule has 2 aromatic rings. The van der Waals surface area contributed by atoms with Gasteiger partial charge in [0.05, 0.1) is 24.6 Å². The van der Waals surface area contributed by atoms with Crippen LogP contribution in [0.4, 0.5) is 0 Å². The van der Waals surface area contributed by atoms with E-state index in [1.54, 1.807) is 11.8 Å². The lowest BCUT2D eigenvalue weighted by molar-refractivity contribution is 0.0853. The van der Waals surface area contributed by atoms with E-state index in [2.05, 4.69) is 22.6 Å². The zero-order valence-corrected chi connectivity index (χ0v) is 14.7. The SMILES string of the molecule is CCCc1c(C(=O)NCC2CCCO2)nnn1-c1ccc(OC)cc1. The molecule has 1 aliphatic rings. The van der Waals surface area contributed by atoms with E-state index in [1.165, 1.54) is 0 Å². The topological polar surface area (TPSA) is 78.3 Å². The molecule has 0 radical (unpaired) electrons. The normalized spacial score (nSPS) is 16.8. The van der Waals surface area contributed by atoms with Crippen molar-refractivity contribution in [1.82, 2.24) is 20.3 Å². The van der Waals surface area contributed by atoms with Gasteiger partial charge in [-0.1, -0.05) is 18.6 Å². The van der Waals surface area contributed by atoms with Gasteiger partial charge in [-0.15, -0.1) is 5.10 Å². The van der Waals surface area contributed by atoms with Crippen LogP contribution in [0.2, 0.25) is 0 Å². The lowest BCUT2D eigenvalue weighted by Crippen LogP contribution is -2.32. The first-order valence-electron chi connectivity index (χ1n) is 8.71. The van der Waals surface area contributed by atoms with Crippen molar-refractivity contribution < 1.29 is 14.3 Å². The van der Waals surface area contributed by atoms with Gasteiger partial charge < -0.3 is 14.8 Å². The Morgan fingerprint density at radius 2 is 2.20 bits per heavy atom. The van der Waals surface area contributed by atoms with Crippen molar-refractivity contribution in [3.05, 3.63) is 35.7 Å². The Labute approximate surface area is 147 Å². The van der Waals surface area contributed by atoms with Gasteiger partial charge in [0, 0.05) is 13.2 Å². The Hall–Kier alpha value is -2.41. The molecule has 0 aliphatic carbocycles. The molecule has 7 nitrogen and oxygen atoms in total. The number of benzene rings is 1. The number of hydrogen-bond donors (Lipinski definition) is 1. The molecule has 134 valence electrons. The summed E-state index contributed by atoms with van der Waals surface area (Å²) >= 11 is 0. The third-order valence-electron chi connectivity index (χ3n) is 4.30. The zero-order chi connectivity index (χ0) is 17.6. The van der Waals surface area contributed by atoms with Crippen LogP contribution in [0.1, 0.15) is 42.4 Å². The summed E-state index contributed by atoms with van der Waals surface area (Å²) in [6, 6.07) is 7.54. The Bertz CT molecular complexity index is 706. The molecule has 1 unspecified atom stereocenters. The number of rotatable bonds is 7. The van der Waals surface area contributed by atoms with Crippen molar-refractivity contribution in [3.8, 4) is 11.4 Å². The Morgan fingerprint density at radius 3 is 2.84 bits per heavy atom. The molecule has 0 saturated carbocycles. The minimum atomic E-state index is -0.196. The number of carbonyl (C=O) groups is 1. The van der Waals surface area contributed by atoms with Crippen LogP contribution in [-0.4, -0.2) is 47.3 Å². The minimum Gasteiger partial charge on any atom is -0.497 e. The van der Waals surface area contributed by atoms with Crippen LogP contribution in [0.5, 0.6) is 5.75 Å². The first-order valence-corrected chi connectivity index (χ1v) is 8.71. The summed E-state index contributed by atoms with van der Waals surface area (Å²) in [6.45, 7) is 3.36. The van der Waals surface area contributed by atoms with E-state index in [0.29, 0.717) is 12.2 Å². The molecular weight excluding hydrogens is 320 g/mol. The van der Waals surface area contributed by atoms with E-state index in [0.717, 1.165) is 49.4 Å². The van der Waals surface area contributed by atoms with Crippen LogP contribution in [-0.2, 0) is 11.2 Å². The summed E-state index contributed by atoms with van der Waals surface area (Å²) in [7, 11) is 1.63. The van der Waals surface area contributed by atoms with Crippen LogP contribution >= 0.6 is 0 Å². The van der Waals surface area contributed by atoms with Gasteiger partial charge >= 0.3 is 0 Å². The fraction of sp³-hybridized carbons (Fsp3) is 0.500. The molecule has 1 aromatic carbocycles. The molecule has 1 aliphatic heterocycles. The maximum absolute atomic E-state index is 12.5. The highest BCUT2D eigenvalue weighted by Crippen LogP contribution is 2.18. The number of aromatic nitrogens is 3. The summed E-state index contributed by atoms with van der Waals surface area (Å²) < 4.78 is 12.5. The lowest BCUT2D eigenvalue weighted by Gasteiger charge is -2.11. The Morgan fingerprint density at radius 1 is 1.40 bits per heavy atom. The Balaban J connectivity index is 1.79. The molecule has 1 saturated heterocycles. The second kappa shape index (κ2) is 8.11. The molecule has 1 amide bonds. The average molecular weight is 344 g/mol. The second-order valence-electron chi connectivity index (χ2n) is 6.09. The van der Waals surface area contributed by atoms with E-state index in [4.69, 9.17) is 9.47 Å². The van der Waals surface area contributed by atoms with E-state index >= 15 is 0 Å². The van der Waals surface area contributed by atoms with Crippen molar-refractivity contribution in [3.63, 3.8) is 0 Å². The first kappa shape index (κ1) is 17.4. The van der Waals surface area contributed by atoms with Gasteiger partial charge in [-0.2, -0.15) is 0 Å². The zero-order valence-electron chi connectivity index (χ0n) is 14.7. The minimum absolute atomic E-state index is 0.107. The van der Waals surface area contributed by atoms with Gasteiger partial charge in [0.25, 0.3) is 5.91 Å². The fourth-order valence-corrected chi connectivity index (χ4v) is 2.97. The van der Waals surface area contributed by atoms with Crippen molar-refractivity contribution in [2.75, 3.05) is 20.3 Å². The van der Waals surface area contributed by atoms with Gasteiger partial charge in [-0.05, 0) is 43.5 Å². The molecule has 25 heavy (non-hydrogen) atoms. The Kier molecular flexibility index (Phi) is 5.65.